The second-order valence-electron chi connectivity index (χ2n) is 7.11. The lowest BCUT2D eigenvalue weighted by molar-refractivity contribution is -0.207. The summed E-state index contributed by atoms with van der Waals surface area (Å²) < 4.78 is 31.1. The van der Waals surface area contributed by atoms with Gasteiger partial charge in [0, 0.05) is 12.1 Å². The predicted octanol–water partition coefficient (Wildman–Crippen LogP) is 1.47. The van der Waals surface area contributed by atoms with E-state index < -0.39 is 31.7 Å². The fourth-order valence-electron chi connectivity index (χ4n) is 2.81. The zero-order valence-electron chi connectivity index (χ0n) is 15.8. The first-order valence-electron chi connectivity index (χ1n) is 8.88. The molecular weight excluding hydrogens is 373 g/mol. The van der Waals surface area contributed by atoms with Gasteiger partial charge in [0.05, 0.1) is 25.1 Å². The zero-order valence-corrected chi connectivity index (χ0v) is 16.7. The van der Waals surface area contributed by atoms with Gasteiger partial charge in [-0.15, -0.1) is 0 Å². The summed E-state index contributed by atoms with van der Waals surface area (Å²) in [5.74, 6) is 0.271. The lowest BCUT2D eigenvalue weighted by Gasteiger charge is -2.31. The van der Waals surface area contributed by atoms with Crippen LogP contribution in [0.3, 0.4) is 0 Å². The SMILES string of the molecule is CC(C)OC[C@H]1O[C@@H](n2cnc3c(N)ncnc32)C[C@H]1OP(=O)([O-])C(C)C. The van der Waals surface area contributed by atoms with Gasteiger partial charge < -0.3 is 29.2 Å². The quantitative estimate of drug-likeness (QED) is 0.687. The third kappa shape index (κ3) is 4.30. The van der Waals surface area contributed by atoms with E-state index in [9.17, 15) is 9.46 Å². The van der Waals surface area contributed by atoms with E-state index >= 15 is 0 Å². The molecule has 0 radical (unpaired) electrons. The molecule has 1 unspecified atom stereocenters. The Kier molecular flexibility index (Phi) is 5.83. The van der Waals surface area contributed by atoms with E-state index in [-0.39, 0.29) is 18.5 Å². The molecule has 1 aliphatic rings. The van der Waals surface area contributed by atoms with Crippen LogP contribution < -0.4 is 10.6 Å². The summed E-state index contributed by atoms with van der Waals surface area (Å²) >= 11 is 0. The number of hydrogen-bond acceptors (Lipinski definition) is 9. The third-order valence-electron chi connectivity index (χ3n) is 4.39. The molecule has 1 aliphatic heterocycles. The lowest BCUT2D eigenvalue weighted by Crippen LogP contribution is -2.32. The van der Waals surface area contributed by atoms with Crippen molar-refractivity contribution in [2.75, 3.05) is 12.3 Å². The Morgan fingerprint density at radius 2 is 2.11 bits per heavy atom. The molecule has 0 aliphatic carbocycles. The van der Waals surface area contributed by atoms with E-state index in [1.807, 2.05) is 13.8 Å². The summed E-state index contributed by atoms with van der Waals surface area (Å²) in [5, 5.41) is 0. The number of nitrogens with two attached hydrogens (primary N) is 1. The van der Waals surface area contributed by atoms with Gasteiger partial charge in [-0.1, -0.05) is 13.8 Å². The van der Waals surface area contributed by atoms with Crippen molar-refractivity contribution in [3.8, 4) is 0 Å². The summed E-state index contributed by atoms with van der Waals surface area (Å²) in [6.45, 7) is 7.20. The maximum atomic E-state index is 12.3. The first kappa shape index (κ1) is 20.2. The van der Waals surface area contributed by atoms with Gasteiger partial charge in [0.1, 0.15) is 31.8 Å². The van der Waals surface area contributed by atoms with Crippen LogP contribution in [0.2, 0.25) is 0 Å². The molecular formula is C16H25N5O5P-. The molecule has 3 rings (SSSR count). The molecule has 3 heterocycles. The average molecular weight is 398 g/mol. The minimum atomic E-state index is -4.01. The van der Waals surface area contributed by atoms with Crippen LogP contribution in [-0.2, 0) is 18.6 Å². The highest BCUT2D eigenvalue weighted by atomic mass is 31.2. The second kappa shape index (κ2) is 7.81. The number of fused-ring (bicyclic) bond motifs is 1. The van der Waals surface area contributed by atoms with Crippen molar-refractivity contribution < 1.29 is 23.5 Å². The van der Waals surface area contributed by atoms with Gasteiger partial charge in [-0.25, -0.2) is 15.0 Å². The first-order chi connectivity index (χ1) is 12.7. The molecule has 11 heteroatoms. The molecule has 1 saturated heterocycles. The zero-order chi connectivity index (χ0) is 19.8. The number of hydrogen-bond donors (Lipinski definition) is 1. The smallest absolute Gasteiger partial charge is 0.167 e. The fraction of sp³-hybridized carbons (Fsp3) is 0.688. The fourth-order valence-corrected chi connectivity index (χ4v) is 3.65. The van der Waals surface area contributed by atoms with E-state index in [1.54, 1.807) is 24.7 Å². The van der Waals surface area contributed by atoms with E-state index in [0.29, 0.717) is 17.6 Å². The van der Waals surface area contributed by atoms with Gasteiger partial charge in [-0.05, 0) is 13.8 Å². The van der Waals surface area contributed by atoms with Crippen LogP contribution in [-0.4, -0.2) is 50.1 Å². The van der Waals surface area contributed by atoms with Crippen LogP contribution >= 0.6 is 7.60 Å². The maximum absolute atomic E-state index is 12.3. The average Bonchev–Trinajstić information content (AvgIpc) is 3.17. The third-order valence-corrected chi connectivity index (χ3v) is 6.22. The van der Waals surface area contributed by atoms with Gasteiger partial charge >= 0.3 is 0 Å². The molecule has 10 nitrogen and oxygen atoms in total. The van der Waals surface area contributed by atoms with Gasteiger partial charge in [-0.3, -0.25) is 4.57 Å². The lowest BCUT2D eigenvalue weighted by atomic mass is 10.2. The number of aromatic nitrogens is 4. The summed E-state index contributed by atoms with van der Waals surface area (Å²) in [6.07, 6.45) is 1.53. The first-order valence-corrected chi connectivity index (χ1v) is 10.5. The Bertz CT molecular complexity index is 842. The van der Waals surface area contributed by atoms with Crippen LogP contribution in [0.1, 0.15) is 40.3 Å². The van der Waals surface area contributed by atoms with Gasteiger partial charge in [0.2, 0.25) is 0 Å². The van der Waals surface area contributed by atoms with Crippen LogP contribution in [0.5, 0.6) is 0 Å². The molecule has 2 aromatic rings. The molecule has 27 heavy (non-hydrogen) atoms. The molecule has 0 saturated carbocycles. The van der Waals surface area contributed by atoms with Crippen LogP contribution in [0, 0.1) is 0 Å². The highest BCUT2D eigenvalue weighted by Gasteiger charge is 2.40. The topological polar surface area (TPSA) is 137 Å². The molecule has 150 valence electrons. The van der Waals surface area contributed by atoms with Crippen molar-refractivity contribution >= 4 is 24.6 Å². The molecule has 1 fully saturated rings. The summed E-state index contributed by atoms with van der Waals surface area (Å²) in [6, 6.07) is 0. The number of anilines is 1. The minimum Gasteiger partial charge on any atom is -0.778 e. The van der Waals surface area contributed by atoms with Crippen molar-refractivity contribution in [2.45, 2.75) is 64.3 Å². The Hall–Kier alpha value is -1.58. The number of nitrogens with zero attached hydrogens (tertiary/aromatic N) is 4. The summed E-state index contributed by atoms with van der Waals surface area (Å²) in [7, 11) is -4.01. The molecule has 2 aromatic heterocycles. The normalized spacial score (nSPS) is 25.5. The largest absolute Gasteiger partial charge is 0.778 e. The minimum absolute atomic E-state index is 0.0148. The number of ether oxygens (including phenoxy) is 2. The predicted molar refractivity (Wildman–Crippen MR) is 97.0 cm³/mol. The van der Waals surface area contributed by atoms with Crippen molar-refractivity contribution in [1.29, 1.82) is 0 Å². The molecule has 0 aromatic carbocycles. The van der Waals surface area contributed by atoms with E-state index in [4.69, 9.17) is 19.7 Å². The molecule has 4 atom stereocenters. The van der Waals surface area contributed by atoms with Gasteiger partial charge in [0.15, 0.2) is 11.5 Å². The summed E-state index contributed by atoms with van der Waals surface area (Å²) in [4.78, 5) is 24.6. The van der Waals surface area contributed by atoms with Crippen molar-refractivity contribution in [1.82, 2.24) is 19.5 Å². The van der Waals surface area contributed by atoms with E-state index in [1.165, 1.54) is 6.33 Å². The van der Waals surface area contributed by atoms with Crippen molar-refractivity contribution in [3.63, 3.8) is 0 Å². The molecule has 0 amide bonds. The standard InChI is InChI=1S/C16H26N5O5P/c1-9(2)24-6-12-11(26-27(22,23)10(3)4)5-13(25-12)21-8-20-14-15(17)18-7-19-16(14)21/h7-13H,5-6H2,1-4H3,(H,22,23)(H2,17,18,19)/p-1/t11-,12-,13-/m1/s1. The molecule has 0 spiro atoms. The van der Waals surface area contributed by atoms with E-state index in [2.05, 4.69) is 15.0 Å². The highest BCUT2D eigenvalue weighted by Crippen LogP contribution is 2.47. The monoisotopic (exact) mass is 398 g/mol. The highest BCUT2D eigenvalue weighted by molar-refractivity contribution is 7.52. The van der Waals surface area contributed by atoms with Crippen LogP contribution in [0.25, 0.3) is 11.2 Å². The Morgan fingerprint density at radius 3 is 2.78 bits per heavy atom. The van der Waals surface area contributed by atoms with E-state index in [0.717, 1.165) is 0 Å². The van der Waals surface area contributed by atoms with Crippen LogP contribution in [0.4, 0.5) is 5.82 Å². The molecule has 2 N–H and O–H groups in total. The Labute approximate surface area is 157 Å². The van der Waals surface area contributed by atoms with Gasteiger partial charge in [-0.2, -0.15) is 0 Å². The van der Waals surface area contributed by atoms with Crippen molar-refractivity contribution in [3.05, 3.63) is 12.7 Å². The Balaban J connectivity index is 1.85. The maximum Gasteiger partial charge on any atom is 0.167 e. The number of imidazole rings is 1. The molecule has 0 bridgehead atoms. The summed E-state index contributed by atoms with van der Waals surface area (Å²) in [5.41, 5.74) is 6.20. The number of rotatable bonds is 7. The Morgan fingerprint density at radius 1 is 1.37 bits per heavy atom. The second-order valence-corrected chi connectivity index (χ2v) is 9.43. The van der Waals surface area contributed by atoms with Gasteiger partial charge in [0.25, 0.3) is 0 Å². The number of nitrogen functional groups attached to an aromatic ring is 1. The van der Waals surface area contributed by atoms with Crippen LogP contribution in [0.15, 0.2) is 12.7 Å². The van der Waals surface area contributed by atoms with Crippen molar-refractivity contribution in [2.24, 2.45) is 0 Å².